The monoisotopic (exact) mass is 521 g/mol. The van der Waals surface area contributed by atoms with Crippen LogP contribution in [0.15, 0.2) is 36.5 Å². The molecule has 2 aliphatic heterocycles. The molecule has 2 saturated heterocycles. The molecule has 4 rings (SSSR count). The summed E-state index contributed by atoms with van der Waals surface area (Å²) < 4.78 is 29.4. The lowest BCUT2D eigenvalue weighted by Gasteiger charge is -2.54. The number of aromatic nitrogens is 1. The van der Waals surface area contributed by atoms with Crippen LogP contribution in [-0.2, 0) is 17.7 Å². The topological polar surface area (TPSA) is 82.3 Å². The Hall–Kier alpha value is -1.05. The molecule has 3 unspecified atom stereocenters. The lowest BCUT2D eigenvalue weighted by Crippen LogP contribution is -2.69. The van der Waals surface area contributed by atoms with Crippen molar-refractivity contribution in [2.24, 2.45) is 0 Å². The summed E-state index contributed by atoms with van der Waals surface area (Å²) >= 11 is 0. The van der Waals surface area contributed by atoms with Gasteiger partial charge >= 0.3 is 17.1 Å². The summed E-state index contributed by atoms with van der Waals surface area (Å²) in [6.45, 7) is 17.6. The highest BCUT2D eigenvalue weighted by atomic mass is 28.5. The van der Waals surface area contributed by atoms with Crippen LogP contribution in [0.5, 0.6) is 0 Å². The molecule has 3 heterocycles. The Morgan fingerprint density at radius 3 is 2.03 bits per heavy atom. The Bertz CT molecular complexity index is 993. The maximum absolute atomic E-state index is 11.4. The fourth-order valence-electron chi connectivity index (χ4n) is 5.89. The van der Waals surface area contributed by atoms with Crippen molar-refractivity contribution in [1.82, 2.24) is 4.57 Å². The van der Waals surface area contributed by atoms with E-state index in [9.17, 15) is 10.2 Å². The van der Waals surface area contributed by atoms with Gasteiger partial charge in [0.05, 0.1) is 12.1 Å². The van der Waals surface area contributed by atoms with Crippen molar-refractivity contribution in [3.8, 4) is 0 Å². The number of hydrogen-bond donors (Lipinski definition) is 2. The van der Waals surface area contributed by atoms with Gasteiger partial charge in [0.15, 0.2) is 6.23 Å². The molecule has 0 aliphatic carbocycles. The number of para-hydroxylation sites is 1. The second-order valence-corrected chi connectivity index (χ2v) is 20.2. The van der Waals surface area contributed by atoms with Crippen LogP contribution < -0.4 is 0 Å². The second kappa shape index (κ2) is 10.0. The Kier molecular flexibility index (Phi) is 7.73. The quantitative estimate of drug-likeness (QED) is 0.525. The van der Waals surface area contributed by atoms with Gasteiger partial charge in [0.25, 0.3) is 0 Å². The van der Waals surface area contributed by atoms with Crippen molar-refractivity contribution in [2.75, 3.05) is 6.61 Å². The van der Waals surface area contributed by atoms with Crippen molar-refractivity contribution in [3.05, 3.63) is 36.5 Å². The summed E-state index contributed by atoms with van der Waals surface area (Å²) in [6.07, 6.45) is -2.40. The molecule has 1 aromatic heterocycles. The first kappa shape index (κ1) is 27.0. The number of nitrogens with zero attached hydrogens (tertiary/aromatic N) is 1. The molecular weight excluding hydrogens is 478 g/mol. The van der Waals surface area contributed by atoms with E-state index in [2.05, 4.69) is 55.4 Å². The van der Waals surface area contributed by atoms with Gasteiger partial charge < -0.3 is 32.5 Å². The molecule has 2 aromatic rings. The van der Waals surface area contributed by atoms with Crippen molar-refractivity contribution >= 4 is 28.0 Å². The smallest absolute Gasteiger partial charge is 0.335 e. The Morgan fingerprint density at radius 2 is 1.43 bits per heavy atom. The van der Waals surface area contributed by atoms with Gasteiger partial charge in [0, 0.05) is 6.20 Å². The third kappa shape index (κ3) is 4.48. The average Bonchev–Trinajstić information content (AvgIpc) is 3.21. The molecule has 196 valence electrons. The first-order valence-electron chi connectivity index (χ1n) is 13.0. The molecule has 0 saturated carbocycles. The highest BCUT2D eigenvalue weighted by Crippen LogP contribution is 2.47. The number of ether oxygens (including phenoxy) is 1. The first-order valence-corrected chi connectivity index (χ1v) is 17.0. The number of hydrogen-bond acceptors (Lipinski definition) is 6. The molecule has 0 amide bonds. The predicted molar refractivity (Wildman–Crippen MR) is 142 cm³/mol. The molecule has 2 N–H and O–H groups in total. The minimum Gasteiger partial charge on any atom is -0.414 e. The van der Waals surface area contributed by atoms with Crippen LogP contribution in [0.2, 0.25) is 22.2 Å². The van der Waals surface area contributed by atoms with Crippen LogP contribution in [0.4, 0.5) is 0 Å². The van der Waals surface area contributed by atoms with Crippen molar-refractivity contribution in [2.45, 2.75) is 108 Å². The molecule has 9 heteroatoms. The number of benzene rings is 1. The van der Waals surface area contributed by atoms with E-state index in [-0.39, 0.29) is 28.8 Å². The number of fused-ring (bicyclic) bond motifs is 2. The lowest BCUT2D eigenvalue weighted by atomic mass is 9.98. The van der Waals surface area contributed by atoms with E-state index in [0.29, 0.717) is 0 Å². The van der Waals surface area contributed by atoms with E-state index in [4.69, 9.17) is 17.7 Å². The molecule has 0 radical (unpaired) electrons. The summed E-state index contributed by atoms with van der Waals surface area (Å²) in [5, 5.41) is 23.7. The fourth-order valence-corrected chi connectivity index (χ4v) is 17.1. The molecule has 2 aliphatic rings. The van der Waals surface area contributed by atoms with Gasteiger partial charge in [0.1, 0.15) is 24.4 Å². The zero-order valence-electron chi connectivity index (χ0n) is 22.3. The van der Waals surface area contributed by atoms with Gasteiger partial charge in [-0.25, -0.2) is 0 Å². The van der Waals surface area contributed by atoms with Crippen LogP contribution in [0.25, 0.3) is 10.9 Å². The van der Waals surface area contributed by atoms with Crippen LogP contribution in [0.1, 0.15) is 61.6 Å². The fraction of sp³-hybridized carbons (Fsp3) is 0.692. The standard InChI is InChI=1S/C26H43NO6Si2/c1-16(2)34(17(3)4)30-15-22-25(32-35(33-34,18(5)6)19(7)8)23(28)24(29)26(31-22)27-14-13-20-11-9-10-12-21(20)27/h9-14,16-19,22-26,28-29H,15H2,1-8H3/t22?,23?,24?,25-,26-/m1/s1. The molecular formula is C26H43NO6Si2. The summed E-state index contributed by atoms with van der Waals surface area (Å²) in [5.74, 6) is 0. The molecule has 7 nitrogen and oxygen atoms in total. The maximum Gasteiger partial charge on any atom is 0.335 e. The number of aliphatic hydroxyl groups is 2. The number of rotatable bonds is 5. The first-order chi connectivity index (χ1) is 16.4. The normalized spacial score (nSPS) is 31.2. The van der Waals surface area contributed by atoms with Gasteiger partial charge in [-0.05, 0) is 39.7 Å². The second-order valence-electron chi connectivity index (χ2n) is 11.4. The minimum atomic E-state index is -2.91. The van der Waals surface area contributed by atoms with Crippen molar-refractivity contribution < 1.29 is 27.9 Å². The van der Waals surface area contributed by atoms with Gasteiger partial charge in [0.2, 0.25) is 0 Å². The largest absolute Gasteiger partial charge is 0.414 e. The van der Waals surface area contributed by atoms with Gasteiger partial charge in [-0.3, -0.25) is 0 Å². The zero-order chi connectivity index (χ0) is 25.7. The van der Waals surface area contributed by atoms with E-state index >= 15 is 0 Å². The number of aliphatic hydroxyl groups excluding tert-OH is 2. The van der Waals surface area contributed by atoms with E-state index in [1.54, 1.807) is 0 Å². The third-order valence-electron chi connectivity index (χ3n) is 7.89. The summed E-state index contributed by atoms with van der Waals surface area (Å²) in [4.78, 5) is 0. The summed E-state index contributed by atoms with van der Waals surface area (Å²) in [6, 6.07) is 9.96. The maximum atomic E-state index is 11.4. The van der Waals surface area contributed by atoms with Gasteiger partial charge in [-0.1, -0.05) is 73.6 Å². The molecule has 1 aromatic carbocycles. The highest BCUT2D eigenvalue weighted by Gasteiger charge is 2.61. The Morgan fingerprint density at radius 1 is 0.829 bits per heavy atom. The Labute approximate surface area is 211 Å². The third-order valence-corrected chi connectivity index (χ3v) is 18.1. The van der Waals surface area contributed by atoms with Crippen molar-refractivity contribution in [3.63, 3.8) is 0 Å². The Balaban J connectivity index is 1.77. The van der Waals surface area contributed by atoms with Crippen molar-refractivity contribution in [1.29, 1.82) is 0 Å². The van der Waals surface area contributed by atoms with E-state index in [1.807, 2.05) is 41.1 Å². The average molecular weight is 522 g/mol. The summed E-state index contributed by atoms with van der Waals surface area (Å²) in [5.41, 5.74) is 1.64. The van der Waals surface area contributed by atoms with Gasteiger partial charge in [-0.2, -0.15) is 0 Å². The molecule has 5 atom stereocenters. The van der Waals surface area contributed by atoms with E-state index < -0.39 is 47.8 Å². The van der Waals surface area contributed by atoms with E-state index in [1.165, 1.54) is 0 Å². The molecule has 0 bridgehead atoms. The van der Waals surface area contributed by atoms with E-state index in [0.717, 1.165) is 10.9 Å². The van der Waals surface area contributed by atoms with Gasteiger partial charge in [-0.15, -0.1) is 0 Å². The summed E-state index contributed by atoms with van der Waals surface area (Å²) in [7, 11) is -5.64. The van der Waals surface area contributed by atoms with Crippen LogP contribution in [0, 0.1) is 0 Å². The van der Waals surface area contributed by atoms with Crippen LogP contribution >= 0.6 is 0 Å². The van der Waals surface area contributed by atoms with Crippen LogP contribution in [0.3, 0.4) is 0 Å². The predicted octanol–water partition coefficient (Wildman–Crippen LogP) is 5.22. The lowest BCUT2D eigenvalue weighted by molar-refractivity contribution is -0.251. The van der Waals surface area contributed by atoms with Crippen LogP contribution in [-0.4, -0.2) is 62.9 Å². The SMILES string of the molecule is CC(C)[Si]1(C(C)C)OCC2O[C@@H](n3ccc4ccccc43)C(O)C(O)[C@@H]2O[Si](C(C)C)(C(C)C)O1. The minimum absolute atomic E-state index is 0.129. The highest BCUT2D eigenvalue weighted by molar-refractivity contribution is 6.83. The molecule has 2 fully saturated rings. The molecule has 0 spiro atoms. The zero-order valence-corrected chi connectivity index (χ0v) is 24.3. The molecule has 35 heavy (non-hydrogen) atoms.